The summed E-state index contributed by atoms with van der Waals surface area (Å²) in [6.07, 6.45) is 3.60. The van der Waals surface area contributed by atoms with Crippen molar-refractivity contribution >= 4 is 16.9 Å². The first-order chi connectivity index (χ1) is 10.3. The first-order valence-corrected chi connectivity index (χ1v) is 7.41. The third kappa shape index (κ3) is 3.05. The zero-order valence-corrected chi connectivity index (χ0v) is 12.3. The maximum absolute atomic E-state index is 11.6. The summed E-state index contributed by atoms with van der Waals surface area (Å²) in [5.74, 6) is -0.00151. The van der Waals surface area contributed by atoms with Crippen LogP contribution in [0.15, 0.2) is 36.5 Å². The molecule has 0 bridgehead atoms. The number of hydrogen-bond donors (Lipinski definition) is 0. The Morgan fingerprint density at radius 2 is 2.05 bits per heavy atom. The van der Waals surface area contributed by atoms with E-state index < -0.39 is 0 Å². The fourth-order valence-corrected chi connectivity index (χ4v) is 3.03. The number of methoxy groups -OCH3 is 1. The third-order valence-corrected chi connectivity index (χ3v) is 4.23. The number of piperidine rings is 1. The molecule has 0 unspecified atom stereocenters. The number of hydrogen-bond acceptors (Lipinski definition) is 4. The van der Waals surface area contributed by atoms with Crippen LogP contribution < -0.4 is 0 Å². The minimum absolute atomic E-state index is 0.0666. The summed E-state index contributed by atoms with van der Waals surface area (Å²) in [6.45, 7) is 2.76. The van der Waals surface area contributed by atoms with Gasteiger partial charge in [-0.2, -0.15) is 0 Å². The van der Waals surface area contributed by atoms with E-state index in [9.17, 15) is 4.79 Å². The molecule has 1 saturated heterocycles. The number of para-hydroxylation sites is 1. The molecule has 0 saturated carbocycles. The number of ether oxygens (including phenoxy) is 1. The number of likely N-dealkylation sites (tertiary alicyclic amines) is 1. The van der Waals surface area contributed by atoms with E-state index in [0.29, 0.717) is 0 Å². The quantitative estimate of drug-likeness (QED) is 0.813. The highest BCUT2D eigenvalue weighted by Gasteiger charge is 2.25. The summed E-state index contributed by atoms with van der Waals surface area (Å²) in [4.78, 5) is 18.4. The monoisotopic (exact) mass is 284 g/mol. The minimum atomic E-state index is -0.0681. The second kappa shape index (κ2) is 6.22. The van der Waals surface area contributed by atoms with Crippen LogP contribution >= 0.6 is 0 Å². The van der Waals surface area contributed by atoms with Gasteiger partial charge in [-0.05, 0) is 37.6 Å². The lowest BCUT2D eigenvalue weighted by Crippen LogP contribution is -2.36. The topological polar surface area (TPSA) is 42.4 Å². The smallest absolute Gasteiger partial charge is 0.308 e. The molecule has 110 valence electrons. The SMILES string of the molecule is COC(=O)C1CCN(Cc2cccc3cccnc23)CC1. The van der Waals surface area contributed by atoms with E-state index in [1.807, 2.05) is 12.3 Å². The lowest BCUT2D eigenvalue weighted by atomic mass is 9.96. The minimum Gasteiger partial charge on any atom is -0.469 e. The average Bonchev–Trinajstić information content (AvgIpc) is 2.55. The predicted molar refractivity (Wildman–Crippen MR) is 81.8 cm³/mol. The van der Waals surface area contributed by atoms with E-state index in [4.69, 9.17) is 4.74 Å². The Hall–Kier alpha value is -1.94. The number of benzene rings is 1. The molecule has 21 heavy (non-hydrogen) atoms. The van der Waals surface area contributed by atoms with Crippen LogP contribution in [-0.4, -0.2) is 36.1 Å². The third-order valence-electron chi connectivity index (χ3n) is 4.23. The molecule has 1 aliphatic heterocycles. The van der Waals surface area contributed by atoms with Gasteiger partial charge >= 0.3 is 5.97 Å². The number of esters is 1. The van der Waals surface area contributed by atoms with Crippen LogP contribution in [0.4, 0.5) is 0 Å². The van der Waals surface area contributed by atoms with Gasteiger partial charge in [0.1, 0.15) is 0 Å². The summed E-state index contributed by atoms with van der Waals surface area (Å²) in [5.41, 5.74) is 2.33. The molecule has 4 heteroatoms. The number of rotatable bonds is 3. The Morgan fingerprint density at radius 1 is 1.29 bits per heavy atom. The van der Waals surface area contributed by atoms with Gasteiger partial charge in [0.25, 0.3) is 0 Å². The number of carbonyl (C=O) groups is 1. The Balaban J connectivity index is 1.69. The fraction of sp³-hybridized carbons (Fsp3) is 0.412. The number of pyridine rings is 1. The maximum atomic E-state index is 11.6. The molecular weight excluding hydrogens is 264 g/mol. The van der Waals surface area contributed by atoms with Gasteiger partial charge in [0, 0.05) is 18.1 Å². The van der Waals surface area contributed by atoms with E-state index >= 15 is 0 Å². The summed E-state index contributed by atoms with van der Waals surface area (Å²) >= 11 is 0. The van der Waals surface area contributed by atoms with Gasteiger partial charge in [0.2, 0.25) is 0 Å². The van der Waals surface area contributed by atoms with Crippen LogP contribution in [0, 0.1) is 5.92 Å². The fourth-order valence-electron chi connectivity index (χ4n) is 3.03. The lowest BCUT2D eigenvalue weighted by molar-refractivity contribution is -0.147. The van der Waals surface area contributed by atoms with Crippen molar-refractivity contribution < 1.29 is 9.53 Å². The summed E-state index contributed by atoms with van der Waals surface area (Å²) in [7, 11) is 1.47. The Bertz CT molecular complexity index is 628. The van der Waals surface area contributed by atoms with Gasteiger partial charge in [-0.3, -0.25) is 14.7 Å². The van der Waals surface area contributed by atoms with Gasteiger partial charge in [-0.1, -0.05) is 24.3 Å². The molecule has 0 N–H and O–H groups in total. The number of carbonyl (C=O) groups excluding carboxylic acids is 1. The normalized spacial score (nSPS) is 17.0. The van der Waals surface area contributed by atoms with Gasteiger partial charge in [-0.15, -0.1) is 0 Å². The molecule has 2 heterocycles. The highest BCUT2D eigenvalue weighted by atomic mass is 16.5. The molecule has 0 spiro atoms. The predicted octanol–water partition coefficient (Wildman–Crippen LogP) is 2.62. The molecular formula is C17H20N2O2. The molecule has 0 radical (unpaired) electrons. The van der Waals surface area contributed by atoms with Gasteiger partial charge in [-0.25, -0.2) is 0 Å². The zero-order valence-electron chi connectivity index (χ0n) is 12.3. The van der Waals surface area contributed by atoms with Crippen LogP contribution in [0.25, 0.3) is 10.9 Å². The van der Waals surface area contributed by atoms with Crippen LogP contribution in [0.3, 0.4) is 0 Å². The Labute approximate surface area is 124 Å². The molecule has 4 nitrogen and oxygen atoms in total. The van der Waals surface area contributed by atoms with Crippen LogP contribution in [0.2, 0.25) is 0 Å². The summed E-state index contributed by atoms with van der Waals surface area (Å²) < 4.78 is 4.83. The summed E-state index contributed by atoms with van der Waals surface area (Å²) in [5, 5.41) is 1.18. The van der Waals surface area contributed by atoms with Gasteiger partial charge < -0.3 is 4.74 Å². The first-order valence-electron chi connectivity index (χ1n) is 7.41. The largest absolute Gasteiger partial charge is 0.469 e. The number of nitrogens with zero attached hydrogens (tertiary/aromatic N) is 2. The lowest BCUT2D eigenvalue weighted by Gasteiger charge is -2.30. The average molecular weight is 284 g/mol. The van der Waals surface area contributed by atoms with Crippen molar-refractivity contribution in [3.05, 3.63) is 42.1 Å². The molecule has 0 aliphatic carbocycles. The zero-order chi connectivity index (χ0) is 14.7. The van der Waals surface area contributed by atoms with E-state index in [0.717, 1.165) is 38.0 Å². The van der Waals surface area contributed by atoms with Crippen molar-refractivity contribution in [3.8, 4) is 0 Å². The molecule has 2 aromatic rings. The molecule has 1 aromatic heterocycles. The maximum Gasteiger partial charge on any atom is 0.308 e. The second-order valence-corrected chi connectivity index (χ2v) is 5.57. The van der Waals surface area contributed by atoms with Crippen molar-refractivity contribution in [1.82, 2.24) is 9.88 Å². The van der Waals surface area contributed by atoms with E-state index in [2.05, 4.69) is 34.1 Å². The summed E-state index contributed by atoms with van der Waals surface area (Å²) in [6, 6.07) is 10.4. The molecule has 3 rings (SSSR count). The highest BCUT2D eigenvalue weighted by molar-refractivity contribution is 5.81. The van der Waals surface area contributed by atoms with E-state index in [-0.39, 0.29) is 11.9 Å². The molecule has 1 fully saturated rings. The van der Waals surface area contributed by atoms with E-state index in [1.165, 1.54) is 18.1 Å². The molecule has 0 amide bonds. The number of aromatic nitrogens is 1. The van der Waals surface area contributed by atoms with Crippen molar-refractivity contribution in [2.24, 2.45) is 5.92 Å². The first kappa shape index (κ1) is 14.0. The standard InChI is InChI=1S/C17H20N2O2/c1-21-17(20)14-7-10-19(11-8-14)12-15-5-2-4-13-6-3-9-18-16(13)15/h2-6,9,14H,7-8,10-12H2,1H3. The Kier molecular flexibility index (Phi) is 4.15. The molecule has 0 atom stereocenters. The van der Waals surface area contributed by atoms with Crippen molar-refractivity contribution in [3.63, 3.8) is 0 Å². The Morgan fingerprint density at radius 3 is 2.81 bits per heavy atom. The van der Waals surface area contributed by atoms with Crippen molar-refractivity contribution in [1.29, 1.82) is 0 Å². The van der Waals surface area contributed by atoms with Crippen LogP contribution in [0.5, 0.6) is 0 Å². The second-order valence-electron chi connectivity index (χ2n) is 5.57. The van der Waals surface area contributed by atoms with Crippen LogP contribution in [0.1, 0.15) is 18.4 Å². The highest BCUT2D eigenvalue weighted by Crippen LogP contribution is 2.22. The van der Waals surface area contributed by atoms with Gasteiger partial charge in [0.15, 0.2) is 0 Å². The van der Waals surface area contributed by atoms with Crippen LogP contribution in [-0.2, 0) is 16.1 Å². The molecule has 1 aromatic carbocycles. The molecule has 1 aliphatic rings. The number of fused-ring (bicyclic) bond motifs is 1. The van der Waals surface area contributed by atoms with Crippen molar-refractivity contribution in [2.45, 2.75) is 19.4 Å². The van der Waals surface area contributed by atoms with Crippen molar-refractivity contribution in [2.75, 3.05) is 20.2 Å². The van der Waals surface area contributed by atoms with Gasteiger partial charge in [0.05, 0.1) is 18.5 Å². The van der Waals surface area contributed by atoms with E-state index in [1.54, 1.807) is 0 Å².